The van der Waals surface area contributed by atoms with Crippen LogP contribution in [0.15, 0.2) is 0 Å². The van der Waals surface area contributed by atoms with Crippen molar-refractivity contribution in [1.82, 2.24) is 4.90 Å². The van der Waals surface area contributed by atoms with Crippen LogP contribution in [0.2, 0.25) is 5.31 Å². The summed E-state index contributed by atoms with van der Waals surface area (Å²) in [7, 11) is 8.37. The normalized spacial score (nSPS) is 50.0. The van der Waals surface area contributed by atoms with Crippen molar-refractivity contribution in [2.45, 2.75) is 44.3 Å². The highest BCUT2D eigenvalue weighted by Crippen LogP contribution is 2.61. The third kappa shape index (κ3) is 1.92. The summed E-state index contributed by atoms with van der Waals surface area (Å²) in [6, 6.07) is 0. The van der Waals surface area contributed by atoms with Crippen molar-refractivity contribution in [3.8, 4) is 0 Å². The summed E-state index contributed by atoms with van der Waals surface area (Å²) in [5.74, 6) is 2.72. The quantitative estimate of drug-likeness (QED) is 0.585. The lowest BCUT2D eigenvalue weighted by Crippen LogP contribution is -2.44. The molecule has 92 valence electrons. The molecular formula is C14H22BNO. The van der Waals surface area contributed by atoms with Crippen LogP contribution in [0.5, 0.6) is 0 Å². The number of carbonyl (C=O) groups excluding carboxylic acids is 1. The summed E-state index contributed by atoms with van der Waals surface area (Å²) in [5, 5.41) is 0.0298. The monoisotopic (exact) mass is 231 g/mol. The Morgan fingerprint density at radius 1 is 1.29 bits per heavy atom. The molecule has 17 heavy (non-hydrogen) atoms. The minimum absolute atomic E-state index is 0.0298. The highest BCUT2D eigenvalue weighted by molar-refractivity contribution is 6.15. The van der Waals surface area contributed by atoms with Crippen molar-refractivity contribution in [1.29, 1.82) is 0 Å². The average Bonchev–Trinajstić information content (AvgIpc) is 3.02. The standard InChI is InChI=1S/C14H22BNO/c1-14(15)5-3-9-4-6-16(2)13(17)11(9)7-10-8-12(10)14/h9-12H,3-8H2,1-2H3. The van der Waals surface area contributed by atoms with E-state index in [2.05, 4.69) is 6.92 Å². The number of amides is 1. The predicted octanol–water partition coefficient (Wildman–Crippen LogP) is 2.25. The average molecular weight is 231 g/mol. The lowest BCUT2D eigenvalue weighted by atomic mass is 9.60. The lowest BCUT2D eigenvalue weighted by Gasteiger charge is -2.40. The Bertz CT molecular complexity index is 341. The molecule has 0 spiro atoms. The van der Waals surface area contributed by atoms with Gasteiger partial charge in [-0.25, -0.2) is 0 Å². The molecule has 0 aromatic carbocycles. The lowest BCUT2D eigenvalue weighted by molar-refractivity contribution is -0.140. The van der Waals surface area contributed by atoms with Gasteiger partial charge in [0.25, 0.3) is 0 Å². The van der Waals surface area contributed by atoms with Crippen molar-refractivity contribution in [3.05, 3.63) is 0 Å². The van der Waals surface area contributed by atoms with Crippen molar-refractivity contribution in [3.63, 3.8) is 0 Å². The maximum Gasteiger partial charge on any atom is 0.225 e. The van der Waals surface area contributed by atoms with Gasteiger partial charge >= 0.3 is 0 Å². The van der Waals surface area contributed by atoms with Crippen molar-refractivity contribution < 1.29 is 4.79 Å². The highest BCUT2D eigenvalue weighted by Gasteiger charge is 2.51. The van der Waals surface area contributed by atoms with E-state index in [0.717, 1.165) is 31.7 Å². The minimum atomic E-state index is 0.0298. The van der Waals surface area contributed by atoms with Gasteiger partial charge in [-0.3, -0.25) is 4.79 Å². The van der Waals surface area contributed by atoms with Gasteiger partial charge in [-0.1, -0.05) is 18.7 Å². The minimum Gasteiger partial charge on any atom is -0.346 e. The van der Waals surface area contributed by atoms with Gasteiger partial charge in [-0.2, -0.15) is 0 Å². The molecule has 2 saturated carbocycles. The van der Waals surface area contributed by atoms with Gasteiger partial charge in [0, 0.05) is 19.5 Å². The van der Waals surface area contributed by atoms with Gasteiger partial charge in [0.15, 0.2) is 0 Å². The molecule has 1 saturated heterocycles. The molecule has 0 aromatic rings. The van der Waals surface area contributed by atoms with Gasteiger partial charge < -0.3 is 4.90 Å². The molecule has 2 aliphatic carbocycles. The zero-order valence-corrected chi connectivity index (χ0v) is 11.0. The number of carbonyl (C=O) groups is 1. The first kappa shape index (κ1) is 11.6. The Balaban J connectivity index is 1.78. The second kappa shape index (κ2) is 3.76. The molecule has 3 heteroatoms. The molecule has 3 rings (SSSR count). The van der Waals surface area contributed by atoms with E-state index in [9.17, 15) is 4.79 Å². The van der Waals surface area contributed by atoms with Crippen LogP contribution in [0.4, 0.5) is 0 Å². The van der Waals surface area contributed by atoms with Crippen LogP contribution in [0, 0.1) is 23.7 Å². The second-order valence-corrected chi connectivity index (χ2v) is 6.80. The third-order valence-electron chi connectivity index (χ3n) is 5.48. The van der Waals surface area contributed by atoms with Crippen molar-refractivity contribution in [2.75, 3.05) is 13.6 Å². The van der Waals surface area contributed by atoms with Crippen molar-refractivity contribution in [2.24, 2.45) is 23.7 Å². The van der Waals surface area contributed by atoms with Crippen LogP contribution in [0.1, 0.15) is 39.0 Å². The van der Waals surface area contributed by atoms with E-state index < -0.39 is 0 Å². The van der Waals surface area contributed by atoms with E-state index in [1.165, 1.54) is 12.8 Å². The van der Waals surface area contributed by atoms with E-state index in [0.29, 0.717) is 23.7 Å². The molecule has 2 radical (unpaired) electrons. The zero-order chi connectivity index (χ0) is 12.2. The largest absolute Gasteiger partial charge is 0.346 e. The molecule has 1 amide bonds. The van der Waals surface area contributed by atoms with Crippen LogP contribution in [0.3, 0.4) is 0 Å². The fraction of sp³-hybridized carbons (Fsp3) is 0.929. The van der Waals surface area contributed by atoms with Crippen LogP contribution in [-0.4, -0.2) is 32.2 Å². The predicted molar refractivity (Wildman–Crippen MR) is 68.8 cm³/mol. The van der Waals surface area contributed by atoms with E-state index in [1.807, 2.05) is 11.9 Å². The molecule has 3 aliphatic rings. The third-order valence-corrected chi connectivity index (χ3v) is 5.48. The first-order valence-corrected chi connectivity index (χ1v) is 7.03. The molecule has 0 bridgehead atoms. The summed E-state index contributed by atoms with van der Waals surface area (Å²) in [6.07, 6.45) is 5.80. The van der Waals surface area contributed by atoms with E-state index in [-0.39, 0.29) is 5.31 Å². The number of rotatable bonds is 0. The van der Waals surface area contributed by atoms with Gasteiger partial charge in [0.2, 0.25) is 5.91 Å². The van der Waals surface area contributed by atoms with E-state index >= 15 is 0 Å². The fourth-order valence-corrected chi connectivity index (χ4v) is 4.12. The number of hydrogen-bond donors (Lipinski definition) is 0. The topological polar surface area (TPSA) is 20.3 Å². The molecule has 0 aromatic heterocycles. The van der Waals surface area contributed by atoms with Gasteiger partial charge in [-0.05, 0) is 43.4 Å². The zero-order valence-electron chi connectivity index (χ0n) is 11.0. The second-order valence-electron chi connectivity index (χ2n) is 6.80. The SMILES string of the molecule is [B]C1(C)CCC2CCN(C)C(=O)C2CC2CC21. The number of likely N-dealkylation sites (tertiary alicyclic amines) is 1. The molecule has 5 unspecified atom stereocenters. The summed E-state index contributed by atoms with van der Waals surface area (Å²) in [5.41, 5.74) is 0. The molecule has 1 aliphatic heterocycles. The fourth-order valence-electron chi connectivity index (χ4n) is 4.12. The number of hydrogen-bond acceptors (Lipinski definition) is 1. The van der Waals surface area contributed by atoms with E-state index in [4.69, 9.17) is 7.85 Å². The Labute approximate surface area is 106 Å². The summed E-state index contributed by atoms with van der Waals surface area (Å²) in [6.45, 7) is 3.16. The maximum atomic E-state index is 12.2. The Kier molecular flexibility index (Phi) is 2.57. The van der Waals surface area contributed by atoms with Gasteiger partial charge in [-0.15, -0.1) is 0 Å². The Morgan fingerprint density at radius 3 is 2.82 bits per heavy atom. The summed E-state index contributed by atoms with van der Waals surface area (Å²) in [4.78, 5) is 14.2. The van der Waals surface area contributed by atoms with Gasteiger partial charge in [0.1, 0.15) is 0 Å². The smallest absolute Gasteiger partial charge is 0.225 e. The number of nitrogens with zero attached hydrogens (tertiary/aromatic N) is 1. The molecule has 5 atom stereocenters. The maximum absolute atomic E-state index is 12.2. The number of fused-ring (bicyclic) bond motifs is 2. The number of piperidine rings is 1. The van der Waals surface area contributed by atoms with Crippen LogP contribution >= 0.6 is 0 Å². The van der Waals surface area contributed by atoms with Crippen molar-refractivity contribution >= 4 is 13.8 Å². The highest BCUT2D eigenvalue weighted by atomic mass is 16.2. The van der Waals surface area contributed by atoms with Crippen LogP contribution < -0.4 is 0 Å². The molecule has 2 nitrogen and oxygen atoms in total. The first-order chi connectivity index (χ1) is 7.99. The Morgan fingerprint density at radius 2 is 2.06 bits per heavy atom. The molecule has 1 heterocycles. The summed E-state index contributed by atoms with van der Waals surface area (Å²) >= 11 is 0. The molecule has 0 N–H and O–H groups in total. The first-order valence-electron chi connectivity index (χ1n) is 7.03. The van der Waals surface area contributed by atoms with E-state index in [1.54, 1.807) is 0 Å². The Hall–Kier alpha value is -0.465. The van der Waals surface area contributed by atoms with Crippen LogP contribution in [0.25, 0.3) is 0 Å². The molecule has 3 fully saturated rings. The van der Waals surface area contributed by atoms with Gasteiger partial charge in [0.05, 0.1) is 7.85 Å². The van der Waals surface area contributed by atoms with Crippen LogP contribution in [-0.2, 0) is 4.79 Å². The molecular weight excluding hydrogens is 209 g/mol. The summed E-state index contributed by atoms with van der Waals surface area (Å²) < 4.78 is 0.